The van der Waals surface area contributed by atoms with Gasteiger partial charge in [0.2, 0.25) is 11.8 Å². The Bertz CT molecular complexity index is 1280. The molecule has 196 valence electrons. The summed E-state index contributed by atoms with van der Waals surface area (Å²) in [5, 5.41) is 4.07. The minimum Gasteiger partial charge on any atom is -0.471 e. The first kappa shape index (κ1) is 25.9. The van der Waals surface area contributed by atoms with Gasteiger partial charge in [-0.1, -0.05) is 12.1 Å². The van der Waals surface area contributed by atoms with Crippen LogP contribution < -0.4 is 15.2 Å². The zero-order chi connectivity index (χ0) is 26.7. The van der Waals surface area contributed by atoms with Crippen molar-refractivity contribution in [2.75, 3.05) is 13.1 Å². The zero-order valence-electron chi connectivity index (χ0n) is 19.6. The number of amides is 2. The number of pyridine rings is 1. The summed E-state index contributed by atoms with van der Waals surface area (Å²) in [4.78, 5) is 30.1. The minimum absolute atomic E-state index is 0.00925. The molecule has 1 aliphatic rings. The van der Waals surface area contributed by atoms with Gasteiger partial charge in [-0.2, -0.15) is 5.10 Å². The summed E-state index contributed by atoms with van der Waals surface area (Å²) in [6, 6.07) is 6.40. The third-order valence-corrected chi connectivity index (χ3v) is 5.76. The topological polar surface area (TPSA) is 113 Å². The molecule has 13 heteroatoms. The van der Waals surface area contributed by atoms with E-state index in [-0.39, 0.29) is 43.3 Å². The maximum Gasteiger partial charge on any atom is 0.573 e. The molecular weight excluding hydrogens is 498 g/mol. The van der Waals surface area contributed by atoms with Crippen LogP contribution in [0.5, 0.6) is 11.6 Å². The summed E-state index contributed by atoms with van der Waals surface area (Å²) in [5.74, 6) is -1.68. The van der Waals surface area contributed by atoms with Gasteiger partial charge < -0.3 is 20.1 Å². The number of halogens is 4. The molecule has 1 aromatic carbocycles. The van der Waals surface area contributed by atoms with E-state index in [9.17, 15) is 27.2 Å². The molecule has 9 nitrogen and oxygen atoms in total. The van der Waals surface area contributed by atoms with E-state index in [1.807, 2.05) is 0 Å². The van der Waals surface area contributed by atoms with Crippen molar-refractivity contribution in [2.45, 2.75) is 31.5 Å². The number of benzene rings is 1. The first-order valence-electron chi connectivity index (χ1n) is 11.2. The molecule has 0 spiro atoms. The Labute approximate surface area is 208 Å². The summed E-state index contributed by atoms with van der Waals surface area (Å²) in [6.45, 7) is -0.0721. The van der Waals surface area contributed by atoms with E-state index in [1.54, 1.807) is 24.1 Å². The van der Waals surface area contributed by atoms with Gasteiger partial charge in [-0.3, -0.25) is 14.3 Å². The molecule has 2 amide bonds. The number of aryl methyl sites for hydroxylation is 1. The Morgan fingerprint density at radius 1 is 1.16 bits per heavy atom. The van der Waals surface area contributed by atoms with Crippen LogP contribution in [-0.4, -0.2) is 63.2 Å². The highest BCUT2D eigenvalue weighted by molar-refractivity contribution is 5.96. The van der Waals surface area contributed by atoms with E-state index >= 15 is 0 Å². The Morgan fingerprint density at radius 2 is 1.89 bits per heavy atom. The summed E-state index contributed by atoms with van der Waals surface area (Å²) in [6.07, 6.45) is -2.53. The predicted octanol–water partition coefficient (Wildman–Crippen LogP) is 3.04. The van der Waals surface area contributed by atoms with Gasteiger partial charge in [0.15, 0.2) is 6.17 Å². The van der Waals surface area contributed by atoms with Crippen LogP contribution in [0.2, 0.25) is 0 Å². The van der Waals surface area contributed by atoms with Gasteiger partial charge in [-0.25, -0.2) is 9.37 Å². The van der Waals surface area contributed by atoms with Crippen LogP contribution in [0.15, 0.2) is 48.9 Å². The normalized spacial score (nSPS) is 17.9. The molecule has 2 aromatic heterocycles. The number of carbonyl (C=O) groups excluding carboxylic acids is 2. The summed E-state index contributed by atoms with van der Waals surface area (Å²) >= 11 is 0. The second kappa shape index (κ2) is 10.4. The van der Waals surface area contributed by atoms with Crippen molar-refractivity contribution < 1.29 is 36.6 Å². The van der Waals surface area contributed by atoms with E-state index in [0.717, 1.165) is 12.1 Å². The summed E-state index contributed by atoms with van der Waals surface area (Å²) in [5.41, 5.74) is 7.24. The molecule has 2 N–H and O–H groups in total. The maximum atomic E-state index is 15.0. The molecule has 3 heterocycles. The molecule has 0 bridgehead atoms. The number of nitrogens with two attached hydrogens (primary N) is 1. The fourth-order valence-corrected chi connectivity index (χ4v) is 3.93. The highest BCUT2D eigenvalue weighted by Gasteiger charge is 2.34. The molecule has 0 radical (unpaired) electrons. The number of aromatic nitrogens is 3. The van der Waals surface area contributed by atoms with Gasteiger partial charge in [-0.05, 0) is 23.8 Å². The molecule has 2 atom stereocenters. The molecule has 1 saturated heterocycles. The lowest BCUT2D eigenvalue weighted by Crippen LogP contribution is -2.49. The summed E-state index contributed by atoms with van der Waals surface area (Å²) in [7, 11) is 1.74. The summed E-state index contributed by atoms with van der Waals surface area (Å²) < 4.78 is 63.0. The minimum atomic E-state index is -4.81. The van der Waals surface area contributed by atoms with Crippen molar-refractivity contribution in [1.29, 1.82) is 0 Å². The van der Waals surface area contributed by atoms with E-state index in [0.29, 0.717) is 16.7 Å². The van der Waals surface area contributed by atoms with Crippen LogP contribution in [0.4, 0.5) is 17.6 Å². The lowest BCUT2D eigenvalue weighted by molar-refractivity contribution is -0.274. The Kier molecular flexibility index (Phi) is 7.32. The van der Waals surface area contributed by atoms with Gasteiger partial charge in [0.25, 0.3) is 5.91 Å². The highest BCUT2D eigenvalue weighted by Crippen LogP contribution is 2.28. The first-order valence-corrected chi connectivity index (χ1v) is 11.2. The standard InChI is InChI=1S/C24H23F4N5O4/c1-32-12-16(11-31-32)15-9-18(22(29)35)23(30-10-15)36-20-6-7-33(13-19(20)25)21(34)8-14-2-4-17(5-3-14)37-24(26,27)28/h2-5,9-12,19-20H,6-8,13H2,1H3,(H2,29,35). The smallest absolute Gasteiger partial charge is 0.471 e. The number of ether oxygens (including phenoxy) is 2. The number of hydrogen-bond donors (Lipinski definition) is 1. The van der Waals surface area contributed by atoms with E-state index in [4.69, 9.17) is 10.5 Å². The van der Waals surface area contributed by atoms with E-state index < -0.39 is 30.3 Å². The van der Waals surface area contributed by atoms with Crippen LogP contribution in [0.3, 0.4) is 0 Å². The van der Waals surface area contributed by atoms with Crippen LogP contribution in [0.1, 0.15) is 22.3 Å². The lowest BCUT2D eigenvalue weighted by Gasteiger charge is -2.34. The molecule has 1 fully saturated rings. The van der Waals surface area contributed by atoms with E-state index in [1.165, 1.54) is 29.3 Å². The average Bonchev–Trinajstić information content (AvgIpc) is 3.27. The van der Waals surface area contributed by atoms with Crippen molar-refractivity contribution >= 4 is 11.8 Å². The number of alkyl halides is 4. The molecule has 37 heavy (non-hydrogen) atoms. The number of hydrogen-bond acceptors (Lipinski definition) is 6. The van der Waals surface area contributed by atoms with Crippen molar-refractivity contribution in [3.8, 4) is 22.8 Å². The molecule has 0 aliphatic carbocycles. The second-order valence-electron chi connectivity index (χ2n) is 8.51. The zero-order valence-corrected chi connectivity index (χ0v) is 19.6. The van der Waals surface area contributed by atoms with Gasteiger partial charge in [0.1, 0.15) is 17.4 Å². The van der Waals surface area contributed by atoms with Crippen LogP contribution in [-0.2, 0) is 18.3 Å². The van der Waals surface area contributed by atoms with Gasteiger partial charge in [0.05, 0.1) is 19.2 Å². The third kappa shape index (κ3) is 6.54. The first-order chi connectivity index (χ1) is 17.5. The van der Waals surface area contributed by atoms with Crippen molar-refractivity contribution in [3.63, 3.8) is 0 Å². The van der Waals surface area contributed by atoms with Gasteiger partial charge >= 0.3 is 6.36 Å². The van der Waals surface area contributed by atoms with Crippen LogP contribution >= 0.6 is 0 Å². The largest absolute Gasteiger partial charge is 0.573 e. The third-order valence-electron chi connectivity index (χ3n) is 5.76. The van der Waals surface area contributed by atoms with Crippen molar-refractivity contribution in [3.05, 3.63) is 60.0 Å². The molecule has 1 aliphatic heterocycles. The van der Waals surface area contributed by atoms with E-state index in [2.05, 4.69) is 14.8 Å². The second-order valence-corrected chi connectivity index (χ2v) is 8.51. The average molecular weight is 521 g/mol. The molecule has 2 unspecified atom stereocenters. The number of rotatable bonds is 7. The van der Waals surface area contributed by atoms with Gasteiger partial charge in [0, 0.05) is 43.5 Å². The highest BCUT2D eigenvalue weighted by atomic mass is 19.4. The number of likely N-dealkylation sites (tertiary alicyclic amines) is 1. The molecule has 0 saturated carbocycles. The molecule has 3 aromatic rings. The predicted molar refractivity (Wildman–Crippen MR) is 122 cm³/mol. The van der Waals surface area contributed by atoms with Crippen molar-refractivity contribution in [2.24, 2.45) is 12.8 Å². The monoisotopic (exact) mass is 521 g/mol. The maximum absolute atomic E-state index is 15.0. The quantitative estimate of drug-likeness (QED) is 0.479. The fraction of sp³-hybridized carbons (Fsp3) is 0.333. The van der Waals surface area contributed by atoms with Crippen LogP contribution in [0, 0.1) is 0 Å². The SMILES string of the molecule is Cn1cc(-c2cnc(OC3CCN(C(=O)Cc4ccc(OC(F)(F)F)cc4)CC3F)c(C(N)=O)c2)cn1. The van der Waals surface area contributed by atoms with Crippen LogP contribution in [0.25, 0.3) is 11.1 Å². The Morgan fingerprint density at radius 3 is 2.49 bits per heavy atom. The fourth-order valence-electron chi connectivity index (χ4n) is 3.93. The number of piperidine rings is 1. The molecule has 4 rings (SSSR count). The number of carbonyl (C=O) groups is 2. The van der Waals surface area contributed by atoms with Crippen molar-refractivity contribution in [1.82, 2.24) is 19.7 Å². The lowest BCUT2D eigenvalue weighted by atomic mass is 10.0. The number of primary amides is 1. The Balaban J connectivity index is 1.37. The molecular formula is C24H23F4N5O4. The number of nitrogens with zero attached hydrogens (tertiary/aromatic N) is 4. The Hall–Kier alpha value is -4.16. The van der Waals surface area contributed by atoms with Gasteiger partial charge in [-0.15, -0.1) is 13.2 Å².